The molecule has 0 saturated heterocycles. The number of thiophene rings is 1. The van der Waals surface area contributed by atoms with Crippen molar-refractivity contribution in [3.8, 4) is 0 Å². The van der Waals surface area contributed by atoms with Crippen molar-refractivity contribution in [2.45, 2.75) is 20.0 Å². The Morgan fingerprint density at radius 2 is 1.94 bits per heavy atom. The SMILES string of the molecule is Cc1sc(CNCc2ccc(Cl)cc2)cc1Br. The number of nitrogens with one attached hydrogen (secondary N) is 1. The fourth-order valence-electron chi connectivity index (χ4n) is 1.54. The van der Waals surface area contributed by atoms with Crippen LogP contribution < -0.4 is 5.32 Å². The summed E-state index contributed by atoms with van der Waals surface area (Å²) in [6.07, 6.45) is 0. The summed E-state index contributed by atoms with van der Waals surface area (Å²) in [4.78, 5) is 2.68. The highest BCUT2D eigenvalue weighted by molar-refractivity contribution is 9.10. The molecule has 0 radical (unpaired) electrons. The van der Waals surface area contributed by atoms with E-state index in [0.29, 0.717) is 0 Å². The van der Waals surface area contributed by atoms with Gasteiger partial charge in [0.05, 0.1) is 0 Å². The van der Waals surface area contributed by atoms with Crippen LogP contribution in [0, 0.1) is 6.92 Å². The molecule has 0 spiro atoms. The summed E-state index contributed by atoms with van der Waals surface area (Å²) >= 11 is 11.2. The molecule has 1 nitrogen and oxygen atoms in total. The lowest BCUT2D eigenvalue weighted by Crippen LogP contribution is -2.11. The van der Waals surface area contributed by atoms with Gasteiger partial charge in [0.15, 0.2) is 0 Å². The van der Waals surface area contributed by atoms with E-state index in [0.717, 1.165) is 18.1 Å². The van der Waals surface area contributed by atoms with Gasteiger partial charge >= 0.3 is 0 Å². The largest absolute Gasteiger partial charge is 0.308 e. The first-order chi connectivity index (χ1) is 8.15. The maximum Gasteiger partial charge on any atom is 0.0406 e. The van der Waals surface area contributed by atoms with Crippen molar-refractivity contribution in [3.05, 3.63) is 55.1 Å². The third-order valence-corrected chi connectivity index (χ3v) is 4.84. The molecule has 4 heteroatoms. The molecule has 1 aromatic heterocycles. The average Bonchev–Trinajstić information content (AvgIpc) is 2.61. The number of halogens is 2. The van der Waals surface area contributed by atoms with E-state index in [2.05, 4.69) is 34.2 Å². The first kappa shape index (κ1) is 13.1. The second-order valence-electron chi connectivity index (χ2n) is 3.85. The van der Waals surface area contributed by atoms with Crippen LogP contribution in [0.2, 0.25) is 5.02 Å². The lowest BCUT2D eigenvalue weighted by molar-refractivity contribution is 0.701. The van der Waals surface area contributed by atoms with Crippen molar-refractivity contribution < 1.29 is 0 Å². The molecule has 90 valence electrons. The summed E-state index contributed by atoms with van der Waals surface area (Å²) < 4.78 is 1.20. The molecule has 1 heterocycles. The van der Waals surface area contributed by atoms with E-state index in [1.807, 2.05) is 35.6 Å². The lowest BCUT2D eigenvalue weighted by Gasteiger charge is -2.03. The molecule has 0 aliphatic heterocycles. The quantitative estimate of drug-likeness (QED) is 0.852. The zero-order valence-corrected chi connectivity index (χ0v) is 12.6. The van der Waals surface area contributed by atoms with Crippen molar-refractivity contribution in [3.63, 3.8) is 0 Å². The Balaban J connectivity index is 1.85. The van der Waals surface area contributed by atoms with E-state index in [-0.39, 0.29) is 0 Å². The topological polar surface area (TPSA) is 12.0 Å². The predicted octanol–water partition coefficient (Wildman–Crippen LogP) is 4.76. The summed E-state index contributed by atoms with van der Waals surface area (Å²) in [6.45, 7) is 3.89. The standard InChI is InChI=1S/C13H13BrClNS/c1-9-13(14)6-12(17-9)8-16-7-10-2-4-11(15)5-3-10/h2-6,16H,7-8H2,1H3. The molecule has 0 atom stereocenters. The molecule has 0 aliphatic carbocycles. The second kappa shape index (κ2) is 6.01. The highest BCUT2D eigenvalue weighted by Crippen LogP contribution is 2.26. The van der Waals surface area contributed by atoms with Gasteiger partial charge in [0, 0.05) is 32.3 Å². The Bertz CT molecular complexity index is 473. The summed E-state index contributed by atoms with van der Waals surface area (Å²) in [5, 5.41) is 4.21. The number of rotatable bonds is 4. The van der Waals surface area contributed by atoms with E-state index in [9.17, 15) is 0 Å². The van der Waals surface area contributed by atoms with Gasteiger partial charge in [0.25, 0.3) is 0 Å². The van der Waals surface area contributed by atoms with Crippen LogP contribution >= 0.6 is 38.9 Å². The zero-order valence-electron chi connectivity index (χ0n) is 9.47. The molecule has 2 rings (SSSR count). The smallest absolute Gasteiger partial charge is 0.0406 e. The summed E-state index contributed by atoms with van der Waals surface area (Å²) in [5.41, 5.74) is 1.25. The average molecular weight is 331 g/mol. The highest BCUT2D eigenvalue weighted by Gasteiger charge is 2.02. The summed E-state index contributed by atoms with van der Waals surface area (Å²) in [6, 6.07) is 10.1. The Kier molecular flexibility index (Phi) is 4.62. The molecule has 0 saturated carbocycles. The van der Waals surface area contributed by atoms with Crippen molar-refractivity contribution >= 4 is 38.9 Å². The first-order valence-electron chi connectivity index (χ1n) is 5.35. The lowest BCUT2D eigenvalue weighted by atomic mass is 10.2. The summed E-state index contributed by atoms with van der Waals surface area (Å²) in [5.74, 6) is 0. The van der Waals surface area contributed by atoms with E-state index in [1.54, 1.807) is 0 Å². The minimum atomic E-state index is 0.784. The third kappa shape index (κ3) is 3.81. The van der Waals surface area contributed by atoms with Gasteiger partial charge in [-0.25, -0.2) is 0 Å². The maximum absolute atomic E-state index is 5.84. The van der Waals surface area contributed by atoms with Crippen molar-refractivity contribution in [1.82, 2.24) is 5.32 Å². The van der Waals surface area contributed by atoms with Crippen LogP contribution in [-0.2, 0) is 13.1 Å². The molecule has 1 N–H and O–H groups in total. The number of aryl methyl sites for hydroxylation is 1. The zero-order chi connectivity index (χ0) is 12.3. The highest BCUT2D eigenvalue weighted by atomic mass is 79.9. The Morgan fingerprint density at radius 3 is 2.53 bits per heavy atom. The molecule has 0 fully saturated rings. The minimum absolute atomic E-state index is 0.784. The van der Waals surface area contributed by atoms with E-state index in [4.69, 9.17) is 11.6 Å². The first-order valence-corrected chi connectivity index (χ1v) is 7.34. The Hall–Kier alpha value is -0.350. The van der Waals surface area contributed by atoms with Gasteiger partial charge in [-0.05, 0) is 46.6 Å². The molecular formula is C13H13BrClNS. The Morgan fingerprint density at radius 1 is 1.24 bits per heavy atom. The van der Waals surface area contributed by atoms with Crippen LogP contribution in [0.1, 0.15) is 15.3 Å². The van der Waals surface area contributed by atoms with E-state index >= 15 is 0 Å². The molecule has 0 unspecified atom stereocenters. The van der Waals surface area contributed by atoms with Crippen molar-refractivity contribution in [1.29, 1.82) is 0 Å². The van der Waals surface area contributed by atoms with Crippen LogP contribution in [0.4, 0.5) is 0 Å². The summed E-state index contributed by atoms with van der Waals surface area (Å²) in [7, 11) is 0. The molecular weight excluding hydrogens is 318 g/mol. The molecule has 17 heavy (non-hydrogen) atoms. The van der Waals surface area contributed by atoms with Crippen molar-refractivity contribution in [2.24, 2.45) is 0 Å². The minimum Gasteiger partial charge on any atom is -0.308 e. The molecule has 2 aromatic rings. The normalized spacial score (nSPS) is 10.8. The van der Waals surface area contributed by atoms with Gasteiger partial charge in [-0.2, -0.15) is 0 Å². The monoisotopic (exact) mass is 329 g/mol. The van der Waals surface area contributed by atoms with Gasteiger partial charge < -0.3 is 5.32 Å². The number of benzene rings is 1. The molecule has 0 aliphatic rings. The van der Waals surface area contributed by atoms with Gasteiger partial charge in [-0.3, -0.25) is 0 Å². The molecule has 0 bridgehead atoms. The van der Waals surface area contributed by atoms with Crippen LogP contribution in [0.15, 0.2) is 34.8 Å². The van der Waals surface area contributed by atoms with Crippen LogP contribution in [0.5, 0.6) is 0 Å². The van der Waals surface area contributed by atoms with Crippen molar-refractivity contribution in [2.75, 3.05) is 0 Å². The van der Waals surface area contributed by atoms with Gasteiger partial charge in [0.1, 0.15) is 0 Å². The number of hydrogen-bond acceptors (Lipinski definition) is 2. The van der Waals surface area contributed by atoms with E-state index < -0.39 is 0 Å². The fourth-order valence-corrected chi connectivity index (χ4v) is 3.23. The molecule has 1 aromatic carbocycles. The van der Waals surface area contributed by atoms with Crippen LogP contribution in [-0.4, -0.2) is 0 Å². The van der Waals surface area contributed by atoms with E-state index in [1.165, 1.54) is 19.8 Å². The van der Waals surface area contributed by atoms with Crippen LogP contribution in [0.3, 0.4) is 0 Å². The Labute approximate surface area is 119 Å². The van der Waals surface area contributed by atoms with Gasteiger partial charge in [-0.1, -0.05) is 23.7 Å². The van der Waals surface area contributed by atoms with Gasteiger partial charge in [-0.15, -0.1) is 11.3 Å². The molecule has 0 amide bonds. The predicted molar refractivity (Wildman–Crippen MR) is 78.8 cm³/mol. The number of hydrogen-bond donors (Lipinski definition) is 1. The third-order valence-electron chi connectivity index (χ3n) is 2.45. The van der Waals surface area contributed by atoms with Crippen LogP contribution in [0.25, 0.3) is 0 Å². The maximum atomic E-state index is 5.84. The second-order valence-corrected chi connectivity index (χ2v) is 6.48. The fraction of sp³-hybridized carbons (Fsp3) is 0.231. The van der Waals surface area contributed by atoms with Gasteiger partial charge in [0.2, 0.25) is 0 Å².